The molecule has 0 unspecified atom stereocenters. The van der Waals surface area contributed by atoms with Gasteiger partial charge in [-0.05, 0) is 41.8 Å². The first-order chi connectivity index (χ1) is 10.6. The Hall–Kier alpha value is -2.49. The average Bonchev–Trinajstić information content (AvgIpc) is 2.50. The zero-order valence-corrected chi connectivity index (χ0v) is 13.0. The van der Waals surface area contributed by atoms with Gasteiger partial charge in [0.2, 0.25) is 5.91 Å². The van der Waals surface area contributed by atoms with Gasteiger partial charge in [-0.3, -0.25) is 4.79 Å². The van der Waals surface area contributed by atoms with Crippen LogP contribution in [0.15, 0.2) is 48.5 Å². The number of hydrogen-bond acceptors (Lipinski definition) is 3. The van der Waals surface area contributed by atoms with Crippen molar-refractivity contribution >= 4 is 17.3 Å². The van der Waals surface area contributed by atoms with E-state index < -0.39 is 0 Å². The second-order valence-electron chi connectivity index (χ2n) is 5.46. The number of para-hydroxylation sites is 1. The van der Waals surface area contributed by atoms with Gasteiger partial charge in [0.15, 0.2) is 0 Å². The summed E-state index contributed by atoms with van der Waals surface area (Å²) in [6, 6.07) is 15.0. The Labute approximate surface area is 131 Å². The van der Waals surface area contributed by atoms with Gasteiger partial charge in [-0.15, -0.1) is 0 Å². The van der Waals surface area contributed by atoms with E-state index in [-0.39, 0.29) is 5.91 Å². The highest BCUT2D eigenvalue weighted by Crippen LogP contribution is 2.25. The molecule has 0 aliphatic heterocycles. The molecule has 0 aromatic heterocycles. The van der Waals surface area contributed by atoms with E-state index in [1.54, 1.807) is 24.3 Å². The van der Waals surface area contributed by atoms with Crippen LogP contribution in [0.3, 0.4) is 0 Å². The first-order valence-corrected chi connectivity index (χ1v) is 7.43. The van der Waals surface area contributed by atoms with E-state index in [1.807, 2.05) is 18.2 Å². The molecule has 0 radical (unpaired) electrons. The van der Waals surface area contributed by atoms with Crippen molar-refractivity contribution in [1.82, 2.24) is 0 Å². The van der Waals surface area contributed by atoms with Gasteiger partial charge in [-0.2, -0.15) is 0 Å². The molecule has 0 fully saturated rings. The molecule has 4 heteroatoms. The van der Waals surface area contributed by atoms with Crippen LogP contribution < -0.4 is 15.8 Å². The highest BCUT2D eigenvalue weighted by molar-refractivity contribution is 5.90. The van der Waals surface area contributed by atoms with Gasteiger partial charge < -0.3 is 15.8 Å². The summed E-state index contributed by atoms with van der Waals surface area (Å²) in [5.74, 6) is 1.16. The van der Waals surface area contributed by atoms with E-state index in [9.17, 15) is 4.79 Å². The fourth-order valence-electron chi connectivity index (χ4n) is 2.13. The summed E-state index contributed by atoms with van der Waals surface area (Å²) in [5.41, 5.74) is 8.17. The topological polar surface area (TPSA) is 64.3 Å². The standard InChI is InChI=1S/C18H22N2O2/c1-13(2)16-5-3-4-6-17(16)22-12-11-18(21)20-15-9-7-14(19)8-10-15/h3-10,13H,11-12,19H2,1-2H3,(H,20,21). The molecule has 3 N–H and O–H groups in total. The molecule has 0 aliphatic rings. The molecule has 4 nitrogen and oxygen atoms in total. The van der Waals surface area contributed by atoms with Crippen LogP contribution in [-0.4, -0.2) is 12.5 Å². The van der Waals surface area contributed by atoms with Crippen LogP contribution in [-0.2, 0) is 4.79 Å². The summed E-state index contributed by atoms with van der Waals surface area (Å²) in [4.78, 5) is 11.9. The number of rotatable bonds is 6. The monoisotopic (exact) mass is 298 g/mol. The lowest BCUT2D eigenvalue weighted by molar-refractivity contribution is -0.116. The number of nitrogen functional groups attached to an aromatic ring is 1. The van der Waals surface area contributed by atoms with Gasteiger partial charge >= 0.3 is 0 Å². The third kappa shape index (κ3) is 4.52. The van der Waals surface area contributed by atoms with Crippen LogP contribution in [0, 0.1) is 0 Å². The maximum Gasteiger partial charge on any atom is 0.227 e. The van der Waals surface area contributed by atoms with Crippen LogP contribution in [0.4, 0.5) is 11.4 Å². The van der Waals surface area contributed by atoms with E-state index in [2.05, 4.69) is 25.2 Å². The van der Waals surface area contributed by atoms with Gasteiger partial charge in [0.1, 0.15) is 5.75 Å². The number of amides is 1. The molecule has 0 aliphatic carbocycles. The minimum Gasteiger partial charge on any atom is -0.493 e. The molecule has 22 heavy (non-hydrogen) atoms. The predicted octanol–water partition coefficient (Wildman–Crippen LogP) is 3.80. The van der Waals surface area contributed by atoms with Crippen molar-refractivity contribution in [3.63, 3.8) is 0 Å². The van der Waals surface area contributed by atoms with Crippen molar-refractivity contribution in [2.75, 3.05) is 17.7 Å². The molecular weight excluding hydrogens is 276 g/mol. The lowest BCUT2D eigenvalue weighted by atomic mass is 10.0. The van der Waals surface area contributed by atoms with Crippen molar-refractivity contribution in [2.45, 2.75) is 26.2 Å². The van der Waals surface area contributed by atoms with Crippen molar-refractivity contribution in [3.8, 4) is 5.75 Å². The Morgan fingerprint density at radius 3 is 2.50 bits per heavy atom. The van der Waals surface area contributed by atoms with Crippen LogP contribution in [0.5, 0.6) is 5.75 Å². The van der Waals surface area contributed by atoms with E-state index in [0.29, 0.717) is 24.6 Å². The minimum absolute atomic E-state index is 0.0770. The fraction of sp³-hybridized carbons (Fsp3) is 0.278. The maximum absolute atomic E-state index is 11.9. The van der Waals surface area contributed by atoms with Crippen LogP contribution in [0.1, 0.15) is 31.7 Å². The van der Waals surface area contributed by atoms with Gasteiger partial charge in [0, 0.05) is 11.4 Å². The number of carbonyl (C=O) groups is 1. The molecule has 2 aromatic rings. The van der Waals surface area contributed by atoms with Gasteiger partial charge in [0.25, 0.3) is 0 Å². The van der Waals surface area contributed by atoms with Crippen LogP contribution in [0.2, 0.25) is 0 Å². The number of ether oxygens (including phenoxy) is 1. The third-order valence-electron chi connectivity index (χ3n) is 3.32. The lowest BCUT2D eigenvalue weighted by Crippen LogP contribution is -2.15. The van der Waals surface area contributed by atoms with Crippen molar-refractivity contribution in [2.24, 2.45) is 0 Å². The first kappa shape index (κ1) is 15.9. The average molecular weight is 298 g/mol. The summed E-state index contributed by atoms with van der Waals surface area (Å²) in [5, 5.41) is 2.82. The largest absolute Gasteiger partial charge is 0.493 e. The molecule has 0 saturated carbocycles. The molecule has 0 bridgehead atoms. The lowest BCUT2D eigenvalue weighted by Gasteiger charge is -2.13. The Morgan fingerprint density at radius 1 is 1.14 bits per heavy atom. The van der Waals surface area contributed by atoms with E-state index in [4.69, 9.17) is 10.5 Å². The van der Waals surface area contributed by atoms with Crippen LogP contribution in [0.25, 0.3) is 0 Å². The van der Waals surface area contributed by atoms with Crippen molar-refractivity contribution in [1.29, 1.82) is 0 Å². The number of carbonyl (C=O) groups excluding carboxylic acids is 1. The van der Waals surface area contributed by atoms with E-state index in [1.165, 1.54) is 0 Å². The predicted molar refractivity (Wildman–Crippen MR) is 90.1 cm³/mol. The Bertz CT molecular complexity index is 621. The Morgan fingerprint density at radius 2 is 1.82 bits per heavy atom. The number of anilines is 2. The SMILES string of the molecule is CC(C)c1ccccc1OCCC(=O)Nc1ccc(N)cc1. The van der Waals surface area contributed by atoms with E-state index >= 15 is 0 Å². The summed E-state index contributed by atoms with van der Waals surface area (Å²) in [6.07, 6.45) is 0.302. The summed E-state index contributed by atoms with van der Waals surface area (Å²) >= 11 is 0. The molecule has 2 rings (SSSR count). The number of benzene rings is 2. The smallest absolute Gasteiger partial charge is 0.227 e. The number of nitrogens with one attached hydrogen (secondary N) is 1. The molecule has 116 valence electrons. The van der Waals surface area contributed by atoms with Crippen molar-refractivity contribution in [3.05, 3.63) is 54.1 Å². The molecule has 0 saturated heterocycles. The van der Waals surface area contributed by atoms with Gasteiger partial charge in [-0.25, -0.2) is 0 Å². The first-order valence-electron chi connectivity index (χ1n) is 7.43. The second kappa shape index (κ2) is 7.50. The summed E-state index contributed by atoms with van der Waals surface area (Å²) in [7, 11) is 0. The number of hydrogen-bond donors (Lipinski definition) is 2. The normalized spacial score (nSPS) is 10.5. The van der Waals surface area contributed by atoms with Crippen molar-refractivity contribution < 1.29 is 9.53 Å². The fourth-order valence-corrected chi connectivity index (χ4v) is 2.13. The molecular formula is C18H22N2O2. The molecule has 0 spiro atoms. The number of nitrogens with two attached hydrogens (primary N) is 1. The molecule has 2 aromatic carbocycles. The Kier molecular flexibility index (Phi) is 5.42. The summed E-state index contributed by atoms with van der Waals surface area (Å²) in [6.45, 7) is 4.59. The quantitative estimate of drug-likeness (QED) is 0.797. The highest BCUT2D eigenvalue weighted by Gasteiger charge is 2.08. The van der Waals surface area contributed by atoms with E-state index in [0.717, 1.165) is 17.0 Å². The Balaban J connectivity index is 1.83. The zero-order chi connectivity index (χ0) is 15.9. The van der Waals surface area contributed by atoms with Gasteiger partial charge in [0.05, 0.1) is 13.0 Å². The minimum atomic E-state index is -0.0770. The highest BCUT2D eigenvalue weighted by atomic mass is 16.5. The maximum atomic E-state index is 11.9. The molecule has 0 atom stereocenters. The third-order valence-corrected chi connectivity index (χ3v) is 3.32. The summed E-state index contributed by atoms with van der Waals surface area (Å²) < 4.78 is 5.75. The molecule has 1 amide bonds. The van der Waals surface area contributed by atoms with Gasteiger partial charge in [-0.1, -0.05) is 32.0 Å². The van der Waals surface area contributed by atoms with Crippen LogP contribution >= 0.6 is 0 Å². The zero-order valence-electron chi connectivity index (χ0n) is 13.0. The molecule has 0 heterocycles. The second-order valence-corrected chi connectivity index (χ2v) is 5.46.